The van der Waals surface area contributed by atoms with Crippen molar-refractivity contribution in [3.05, 3.63) is 44.6 Å². The Bertz CT molecular complexity index is 678. The number of anilines is 2. The molecule has 2 N–H and O–H groups in total. The first kappa shape index (κ1) is 16.6. The molecule has 0 radical (unpaired) electrons. The summed E-state index contributed by atoms with van der Waals surface area (Å²) in [5.41, 5.74) is 2.22. The second-order valence-corrected chi connectivity index (χ2v) is 8.09. The molecule has 0 spiro atoms. The van der Waals surface area contributed by atoms with Gasteiger partial charge in [0.1, 0.15) is 4.34 Å². The van der Waals surface area contributed by atoms with Crippen molar-refractivity contribution >= 4 is 51.8 Å². The third-order valence-corrected chi connectivity index (χ3v) is 5.60. The second kappa shape index (κ2) is 7.56. The summed E-state index contributed by atoms with van der Waals surface area (Å²) < 4.78 is 0.911. The molecule has 1 fully saturated rings. The summed E-state index contributed by atoms with van der Waals surface area (Å²) in [5, 5.41) is 6.30. The van der Waals surface area contributed by atoms with Crippen LogP contribution in [0.25, 0.3) is 0 Å². The molecule has 0 unspecified atom stereocenters. The molecule has 0 bridgehead atoms. The van der Waals surface area contributed by atoms with Crippen molar-refractivity contribution in [2.24, 2.45) is 5.92 Å². The van der Waals surface area contributed by atoms with Crippen molar-refractivity contribution in [3.8, 4) is 0 Å². The summed E-state index contributed by atoms with van der Waals surface area (Å²) in [6, 6.07) is 9.31. The summed E-state index contributed by atoms with van der Waals surface area (Å²) in [5.74, 6) is 0.546. The number of benzene rings is 1. The molecule has 2 aromatic rings. The zero-order valence-electron chi connectivity index (χ0n) is 12.6. The van der Waals surface area contributed by atoms with E-state index in [2.05, 4.69) is 10.6 Å². The van der Waals surface area contributed by atoms with Gasteiger partial charge in [-0.05, 0) is 49.1 Å². The van der Waals surface area contributed by atoms with Crippen LogP contribution in [-0.4, -0.2) is 12.5 Å². The van der Waals surface area contributed by atoms with Gasteiger partial charge in [-0.2, -0.15) is 0 Å². The Labute approximate surface area is 150 Å². The van der Waals surface area contributed by atoms with Gasteiger partial charge in [0, 0.05) is 17.9 Å². The number of carbonyl (C=O) groups excluding carboxylic acids is 1. The van der Waals surface area contributed by atoms with E-state index in [1.54, 1.807) is 6.07 Å². The van der Waals surface area contributed by atoms with Gasteiger partial charge in [-0.1, -0.05) is 36.0 Å². The number of thiophene rings is 1. The van der Waals surface area contributed by atoms with Gasteiger partial charge in [-0.15, -0.1) is 11.3 Å². The van der Waals surface area contributed by atoms with E-state index in [1.807, 2.05) is 24.3 Å². The lowest BCUT2D eigenvalue weighted by molar-refractivity contribution is 0.102. The van der Waals surface area contributed by atoms with Gasteiger partial charge in [-0.3, -0.25) is 4.79 Å². The van der Waals surface area contributed by atoms with Gasteiger partial charge in [-0.25, -0.2) is 0 Å². The fourth-order valence-electron chi connectivity index (χ4n) is 2.84. The van der Waals surface area contributed by atoms with Gasteiger partial charge in [0.25, 0.3) is 5.91 Å². The maximum Gasteiger partial charge on any atom is 0.258 e. The Morgan fingerprint density at radius 1 is 1.13 bits per heavy atom. The highest BCUT2D eigenvalue weighted by Crippen LogP contribution is 2.31. The molecule has 3 nitrogen and oxygen atoms in total. The van der Waals surface area contributed by atoms with Crippen molar-refractivity contribution in [2.45, 2.75) is 25.7 Å². The summed E-state index contributed by atoms with van der Waals surface area (Å²) in [6.07, 6.45) is 5.36. The first-order valence-electron chi connectivity index (χ1n) is 7.72. The Hall–Kier alpha value is -1.23. The summed E-state index contributed by atoms with van der Waals surface area (Å²) in [4.78, 5) is 12.2. The van der Waals surface area contributed by atoms with Crippen LogP contribution in [0.3, 0.4) is 0 Å². The normalized spacial score (nSPS) is 14.9. The zero-order chi connectivity index (χ0) is 16.2. The van der Waals surface area contributed by atoms with Crippen LogP contribution in [0.1, 0.15) is 36.0 Å². The van der Waals surface area contributed by atoms with Crippen LogP contribution < -0.4 is 10.6 Å². The number of amides is 1. The predicted molar refractivity (Wildman–Crippen MR) is 99.2 cm³/mol. The lowest BCUT2D eigenvalue weighted by Gasteiger charge is -2.12. The van der Waals surface area contributed by atoms with E-state index in [1.165, 1.54) is 37.0 Å². The molecular weight excluding hydrogens is 351 g/mol. The fourth-order valence-corrected chi connectivity index (χ4v) is 4.30. The molecule has 1 aliphatic carbocycles. The molecule has 1 heterocycles. The highest BCUT2D eigenvalue weighted by atomic mass is 35.5. The van der Waals surface area contributed by atoms with Gasteiger partial charge >= 0.3 is 0 Å². The van der Waals surface area contributed by atoms with Crippen molar-refractivity contribution in [3.63, 3.8) is 0 Å². The van der Waals surface area contributed by atoms with E-state index in [9.17, 15) is 4.79 Å². The largest absolute Gasteiger partial charge is 0.385 e. The van der Waals surface area contributed by atoms with Crippen LogP contribution in [0.15, 0.2) is 30.3 Å². The SMILES string of the molecule is O=C(Nc1ccc(NCC2CCCC2)cc1)c1cc(Cl)sc1Cl. The number of hydrogen-bond donors (Lipinski definition) is 2. The average Bonchev–Trinajstić information content (AvgIpc) is 3.16. The maximum atomic E-state index is 12.2. The smallest absolute Gasteiger partial charge is 0.258 e. The Morgan fingerprint density at radius 2 is 1.78 bits per heavy atom. The van der Waals surface area contributed by atoms with Gasteiger partial charge in [0.05, 0.1) is 9.90 Å². The third-order valence-electron chi connectivity index (χ3n) is 4.11. The predicted octanol–water partition coefficient (Wildman–Crippen LogP) is 5.91. The molecule has 1 aliphatic rings. The van der Waals surface area contributed by atoms with E-state index in [-0.39, 0.29) is 5.91 Å². The number of rotatable bonds is 5. The van der Waals surface area contributed by atoms with Crippen LogP contribution in [0.2, 0.25) is 8.67 Å². The molecule has 0 saturated heterocycles. The lowest BCUT2D eigenvalue weighted by Crippen LogP contribution is -2.12. The fraction of sp³-hybridized carbons (Fsp3) is 0.353. The number of halogens is 2. The standard InChI is InChI=1S/C17H18Cl2N2OS/c18-15-9-14(16(19)23-15)17(22)21-13-7-5-12(6-8-13)20-10-11-3-1-2-4-11/h5-9,11,20H,1-4,10H2,(H,21,22). The highest BCUT2D eigenvalue weighted by Gasteiger charge is 2.15. The second-order valence-electron chi connectivity index (χ2n) is 5.80. The number of hydrogen-bond acceptors (Lipinski definition) is 3. The topological polar surface area (TPSA) is 41.1 Å². The quantitative estimate of drug-likeness (QED) is 0.688. The summed E-state index contributed by atoms with van der Waals surface area (Å²) >= 11 is 13.1. The molecule has 23 heavy (non-hydrogen) atoms. The minimum absolute atomic E-state index is 0.246. The molecule has 1 amide bonds. The average molecular weight is 369 g/mol. The monoisotopic (exact) mass is 368 g/mol. The third kappa shape index (κ3) is 4.40. The van der Waals surface area contributed by atoms with Crippen LogP contribution >= 0.6 is 34.5 Å². The molecule has 1 aromatic carbocycles. The molecule has 122 valence electrons. The van der Waals surface area contributed by atoms with Crippen molar-refractivity contribution in [1.29, 1.82) is 0 Å². The van der Waals surface area contributed by atoms with Gasteiger partial charge in [0.2, 0.25) is 0 Å². The molecule has 1 saturated carbocycles. The maximum absolute atomic E-state index is 12.2. The number of carbonyl (C=O) groups is 1. The van der Waals surface area contributed by atoms with Crippen LogP contribution in [-0.2, 0) is 0 Å². The minimum Gasteiger partial charge on any atom is -0.385 e. The molecule has 1 aromatic heterocycles. The van der Waals surface area contributed by atoms with E-state index in [0.29, 0.717) is 14.2 Å². The minimum atomic E-state index is -0.246. The zero-order valence-corrected chi connectivity index (χ0v) is 14.9. The number of nitrogens with one attached hydrogen (secondary N) is 2. The van der Waals surface area contributed by atoms with E-state index in [0.717, 1.165) is 23.8 Å². The molecular formula is C17H18Cl2N2OS. The molecule has 0 atom stereocenters. The van der Waals surface area contributed by atoms with E-state index < -0.39 is 0 Å². The Morgan fingerprint density at radius 3 is 2.39 bits per heavy atom. The van der Waals surface area contributed by atoms with Crippen LogP contribution in [0, 0.1) is 5.92 Å². The van der Waals surface area contributed by atoms with E-state index >= 15 is 0 Å². The Balaban J connectivity index is 1.56. The highest BCUT2D eigenvalue weighted by molar-refractivity contribution is 7.20. The van der Waals surface area contributed by atoms with Crippen LogP contribution in [0.4, 0.5) is 11.4 Å². The first-order valence-corrected chi connectivity index (χ1v) is 9.29. The molecule has 6 heteroatoms. The van der Waals surface area contributed by atoms with E-state index in [4.69, 9.17) is 23.2 Å². The molecule has 0 aliphatic heterocycles. The Kier molecular flexibility index (Phi) is 5.46. The first-order chi connectivity index (χ1) is 11.1. The van der Waals surface area contributed by atoms with Crippen LogP contribution in [0.5, 0.6) is 0 Å². The molecule has 3 rings (SSSR count). The summed E-state index contributed by atoms with van der Waals surface area (Å²) in [6.45, 7) is 1.02. The van der Waals surface area contributed by atoms with Gasteiger partial charge < -0.3 is 10.6 Å². The lowest BCUT2D eigenvalue weighted by atomic mass is 10.1. The van der Waals surface area contributed by atoms with Gasteiger partial charge in [0.15, 0.2) is 0 Å². The van der Waals surface area contributed by atoms with Crippen molar-refractivity contribution in [1.82, 2.24) is 0 Å². The van der Waals surface area contributed by atoms with Crippen molar-refractivity contribution < 1.29 is 4.79 Å². The summed E-state index contributed by atoms with van der Waals surface area (Å²) in [7, 11) is 0. The van der Waals surface area contributed by atoms with Crippen molar-refractivity contribution in [2.75, 3.05) is 17.2 Å².